The smallest absolute Gasteiger partial charge is 0.309 e. The van der Waals surface area contributed by atoms with Gasteiger partial charge in [-0.3, -0.25) is 14.5 Å². The number of nitrogens with one attached hydrogen (secondary N) is 1. The molecule has 0 spiro atoms. The molecule has 7 heteroatoms. The Morgan fingerprint density at radius 3 is 2.38 bits per heavy atom. The number of esters is 1. The number of amides is 1. The highest BCUT2D eigenvalue weighted by Gasteiger charge is 2.20. The van der Waals surface area contributed by atoms with E-state index < -0.39 is 0 Å². The molecule has 1 unspecified atom stereocenters. The molecule has 29 heavy (non-hydrogen) atoms. The zero-order chi connectivity index (χ0) is 21.2. The van der Waals surface area contributed by atoms with E-state index >= 15 is 0 Å². The van der Waals surface area contributed by atoms with Gasteiger partial charge in [0.2, 0.25) is 5.91 Å². The summed E-state index contributed by atoms with van der Waals surface area (Å²) in [6.45, 7) is 2.84. The van der Waals surface area contributed by atoms with Gasteiger partial charge in [0.05, 0.1) is 39.5 Å². The van der Waals surface area contributed by atoms with Gasteiger partial charge in [0.25, 0.3) is 0 Å². The van der Waals surface area contributed by atoms with Crippen molar-refractivity contribution >= 4 is 17.6 Å². The molecule has 1 amide bonds. The predicted octanol–water partition coefficient (Wildman–Crippen LogP) is 2.95. The van der Waals surface area contributed by atoms with Crippen molar-refractivity contribution < 1.29 is 23.8 Å². The molecule has 0 fully saturated rings. The summed E-state index contributed by atoms with van der Waals surface area (Å²) in [7, 11) is 4.46. The summed E-state index contributed by atoms with van der Waals surface area (Å²) >= 11 is 0. The van der Waals surface area contributed by atoms with Crippen LogP contribution in [0.3, 0.4) is 0 Å². The van der Waals surface area contributed by atoms with E-state index in [4.69, 9.17) is 14.2 Å². The fourth-order valence-electron chi connectivity index (χ4n) is 2.98. The Hall–Kier alpha value is -3.06. The van der Waals surface area contributed by atoms with E-state index in [2.05, 4.69) is 5.32 Å². The van der Waals surface area contributed by atoms with E-state index in [1.165, 1.54) is 14.2 Å². The number of benzene rings is 2. The van der Waals surface area contributed by atoms with Gasteiger partial charge in [0, 0.05) is 19.2 Å². The van der Waals surface area contributed by atoms with Crippen LogP contribution in [-0.4, -0.2) is 51.2 Å². The minimum atomic E-state index is -0.355. The number of nitrogens with zero attached hydrogens (tertiary/aromatic N) is 1. The van der Waals surface area contributed by atoms with Crippen molar-refractivity contribution in [2.75, 3.05) is 39.7 Å². The van der Waals surface area contributed by atoms with E-state index in [0.717, 1.165) is 5.56 Å². The van der Waals surface area contributed by atoms with Gasteiger partial charge in [-0.05, 0) is 17.7 Å². The normalized spacial score (nSPS) is 11.6. The minimum absolute atomic E-state index is 0.116. The van der Waals surface area contributed by atoms with Crippen LogP contribution in [-0.2, 0) is 20.9 Å². The van der Waals surface area contributed by atoms with Crippen molar-refractivity contribution in [1.29, 1.82) is 0 Å². The average molecular weight is 400 g/mol. The second-order valence-corrected chi connectivity index (χ2v) is 6.69. The first kappa shape index (κ1) is 22.2. The quantitative estimate of drug-likeness (QED) is 0.618. The van der Waals surface area contributed by atoms with Crippen LogP contribution in [0.15, 0.2) is 48.5 Å². The van der Waals surface area contributed by atoms with Gasteiger partial charge in [-0.2, -0.15) is 0 Å². The van der Waals surface area contributed by atoms with Gasteiger partial charge in [-0.15, -0.1) is 0 Å². The number of carbonyl (C=O) groups is 2. The average Bonchev–Trinajstić information content (AvgIpc) is 2.73. The molecular formula is C22H28N2O5. The van der Waals surface area contributed by atoms with Gasteiger partial charge < -0.3 is 19.5 Å². The molecule has 2 rings (SSSR count). The topological polar surface area (TPSA) is 77.1 Å². The number of carbonyl (C=O) groups excluding carboxylic acids is 2. The van der Waals surface area contributed by atoms with Crippen molar-refractivity contribution in [2.45, 2.75) is 13.5 Å². The number of rotatable bonds is 10. The van der Waals surface area contributed by atoms with Crippen LogP contribution in [0.1, 0.15) is 12.5 Å². The number of ether oxygens (including phenoxy) is 3. The number of anilines is 1. The third-order valence-electron chi connectivity index (χ3n) is 4.43. The third-order valence-corrected chi connectivity index (χ3v) is 4.43. The van der Waals surface area contributed by atoms with Crippen molar-refractivity contribution in [1.82, 2.24) is 4.90 Å². The molecule has 1 atom stereocenters. The maximum atomic E-state index is 12.7. The van der Waals surface area contributed by atoms with Crippen LogP contribution < -0.4 is 14.8 Å². The lowest BCUT2D eigenvalue weighted by molar-refractivity contribution is -0.145. The van der Waals surface area contributed by atoms with E-state index in [1.807, 2.05) is 35.2 Å². The molecule has 0 aliphatic carbocycles. The molecule has 0 radical (unpaired) electrons. The minimum Gasteiger partial charge on any atom is -0.497 e. The third kappa shape index (κ3) is 6.80. The maximum Gasteiger partial charge on any atom is 0.309 e. The Morgan fingerprint density at radius 2 is 1.76 bits per heavy atom. The van der Waals surface area contributed by atoms with Gasteiger partial charge in [0.1, 0.15) is 11.5 Å². The second-order valence-electron chi connectivity index (χ2n) is 6.69. The van der Waals surface area contributed by atoms with Crippen LogP contribution in [0.25, 0.3) is 0 Å². The molecular weight excluding hydrogens is 372 g/mol. The first-order valence-electron chi connectivity index (χ1n) is 9.32. The van der Waals surface area contributed by atoms with Crippen LogP contribution in [0.5, 0.6) is 11.5 Å². The van der Waals surface area contributed by atoms with Gasteiger partial charge >= 0.3 is 5.97 Å². The lowest BCUT2D eigenvalue weighted by Gasteiger charge is -2.24. The Bertz CT molecular complexity index is 810. The predicted molar refractivity (Wildman–Crippen MR) is 111 cm³/mol. The SMILES string of the molecule is COC(=O)C(C)CN(CC(=O)Nc1ccc(OC)cc1OC)Cc1ccccc1. The van der Waals surface area contributed by atoms with Crippen molar-refractivity contribution in [3.63, 3.8) is 0 Å². The largest absolute Gasteiger partial charge is 0.497 e. The standard InChI is InChI=1S/C22H28N2O5/c1-16(22(26)29-4)13-24(14-17-8-6-5-7-9-17)15-21(25)23-19-11-10-18(27-2)12-20(19)28-3/h5-12,16H,13-15H2,1-4H3,(H,23,25). The van der Waals surface area contributed by atoms with Crippen molar-refractivity contribution in [3.05, 3.63) is 54.1 Å². The van der Waals surface area contributed by atoms with E-state index in [-0.39, 0.29) is 24.3 Å². The summed E-state index contributed by atoms with van der Waals surface area (Å²) in [6, 6.07) is 15.0. The molecule has 0 saturated carbocycles. The Morgan fingerprint density at radius 1 is 1.03 bits per heavy atom. The molecule has 2 aromatic rings. The molecule has 0 heterocycles. The van der Waals surface area contributed by atoms with Crippen LogP contribution >= 0.6 is 0 Å². The second kappa shape index (κ2) is 11.1. The summed E-state index contributed by atoms with van der Waals surface area (Å²) in [4.78, 5) is 26.5. The first-order chi connectivity index (χ1) is 14.0. The molecule has 156 valence electrons. The monoisotopic (exact) mass is 400 g/mol. The van der Waals surface area contributed by atoms with Crippen LogP contribution in [0.4, 0.5) is 5.69 Å². The van der Waals surface area contributed by atoms with Gasteiger partial charge in [-0.25, -0.2) is 0 Å². The fraction of sp³-hybridized carbons (Fsp3) is 0.364. The van der Waals surface area contributed by atoms with Crippen molar-refractivity contribution in [3.8, 4) is 11.5 Å². The highest BCUT2D eigenvalue weighted by Crippen LogP contribution is 2.29. The highest BCUT2D eigenvalue weighted by molar-refractivity contribution is 5.93. The summed E-state index contributed by atoms with van der Waals surface area (Å²) in [5, 5.41) is 2.87. The molecule has 0 aliphatic heterocycles. The van der Waals surface area contributed by atoms with Crippen LogP contribution in [0, 0.1) is 5.92 Å². The van der Waals surface area contributed by atoms with Gasteiger partial charge in [-0.1, -0.05) is 37.3 Å². The summed E-state index contributed by atoms with van der Waals surface area (Å²) in [6.07, 6.45) is 0. The molecule has 7 nitrogen and oxygen atoms in total. The van der Waals surface area contributed by atoms with Crippen LogP contribution in [0.2, 0.25) is 0 Å². The zero-order valence-corrected chi connectivity index (χ0v) is 17.3. The molecule has 0 bridgehead atoms. The molecule has 0 aliphatic rings. The first-order valence-corrected chi connectivity index (χ1v) is 9.32. The van der Waals surface area contributed by atoms with Gasteiger partial charge in [0.15, 0.2) is 0 Å². The molecule has 2 aromatic carbocycles. The highest BCUT2D eigenvalue weighted by atomic mass is 16.5. The summed E-state index contributed by atoms with van der Waals surface area (Å²) in [5.74, 6) is 0.279. The van der Waals surface area contributed by atoms with E-state index in [9.17, 15) is 9.59 Å². The lowest BCUT2D eigenvalue weighted by atomic mass is 10.1. The Kier molecular flexibility index (Phi) is 8.48. The molecule has 0 aromatic heterocycles. The Labute approximate surface area is 171 Å². The lowest BCUT2D eigenvalue weighted by Crippen LogP contribution is -2.37. The number of methoxy groups -OCH3 is 3. The number of hydrogen-bond donors (Lipinski definition) is 1. The van der Waals surface area contributed by atoms with E-state index in [0.29, 0.717) is 30.3 Å². The molecule has 1 N–H and O–H groups in total. The molecule has 0 saturated heterocycles. The summed E-state index contributed by atoms with van der Waals surface area (Å²) < 4.78 is 15.3. The maximum absolute atomic E-state index is 12.7. The van der Waals surface area contributed by atoms with E-state index in [1.54, 1.807) is 32.2 Å². The number of hydrogen-bond acceptors (Lipinski definition) is 6. The van der Waals surface area contributed by atoms with Crippen molar-refractivity contribution in [2.24, 2.45) is 5.92 Å². The zero-order valence-electron chi connectivity index (χ0n) is 17.3. The fourth-order valence-corrected chi connectivity index (χ4v) is 2.98. The Balaban J connectivity index is 2.10. The summed E-state index contributed by atoms with van der Waals surface area (Å²) in [5.41, 5.74) is 1.61.